The molecule has 2 nitrogen and oxygen atoms in total. The molecule has 0 aliphatic rings. The first-order valence-electron chi connectivity index (χ1n) is 10.4. The summed E-state index contributed by atoms with van der Waals surface area (Å²) in [6.45, 7) is 4.03. The normalized spacial score (nSPS) is 11.9. The first kappa shape index (κ1) is 26.7. The Morgan fingerprint density at radius 1 is 0.667 bits per heavy atom. The summed E-state index contributed by atoms with van der Waals surface area (Å²) in [6, 6.07) is 0. The molecule has 1 atom stereocenters. The van der Waals surface area contributed by atoms with Gasteiger partial charge >= 0.3 is 29.6 Å². The van der Waals surface area contributed by atoms with E-state index in [9.17, 15) is 9.90 Å². The van der Waals surface area contributed by atoms with E-state index >= 15 is 0 Å². The number of rotatable bonds is 18. The molecule has 0 amide bonds. The van der Waals surface area contributed by atoms with Crippen molar-refractivity contribution in [3.63, 3.8) is 0 Å². The fourth-order valence-electron chi connectivity index (χ4n) is 3.12. The first-order valence-corrected chi connectivity index (χ1v) is 10.4. The number of aliphatic carboxylic acids is 1. The largest absolute Gasteiger partial charge is 1.00 e. The second-order valence-corrected chi connectivity index (χ2v) is 7.31. The van der Waals surface area contributed by atoms with Crippen molar-refractivity contribution in [1.29, 1.82) is 0 Å². The van der Waals surface area contributed by atoms with Crippen molar-refractivity contribution >= 4 is 5.97 Å². The maximum Gasteiger partial charge on any atom is 1.00 e. The van der Waals surface area contributed by atoms with Crippen LogP contribution in [0.25, 0.3) is 0 Å². The van der Waals surface area contributed by atoms with Gasteiger partial charge in [-0.05, 0) is 12.3 Å². The molecule has 138 valence electrons. The quantitative estimate of drug-likeness (QED) is 0.282. The minimum absolute atomic E-state index is 0. The Labute approximate surface area is 173 Å². The summed E-state index contributed by atoms with van der Waals surface area (Å²) in [4.78, 5) is 10.6. The standard InChI is InChI=1S/C21H42O2.Na/c1-3-4-5-6-7-8-9-10-11-12-13-14-15-16-17-18-19-20(2)21(22)23;/h20H,3-19H2,1-2H3,(H,22,23);/q;+1/p-1. The van der Waals surface area contributed by atoms with Crippen molar-refractivity contribution in [3.05, 3.63) is 0 Å². The van der Waals surface area contributed by atoms with Gasteiger partial charge in [-0.1, -0.05) is 117 Å². The van der Waals surface area contributed by atoms with Crippen LogP contribution in [0.4, 0.5) is 0 Å². The van der Waals surface area contributed by atoms with Crippen LogP contribution in [0.15, 0.2) is 0 Å². The zero-order chi connectivity index (χ0) is 17.2. The number of unbranched alkanes of at least 4 members (excludes halogenated alkanes) is 15. The molecule has 0 aromatic heterocycles. The monoisotopic (exact) mass is 348 g/mol. The predicted molar refractivity (Wildman–Crippen MR) is 98.3 cm³/mol. The Morgan fingerprint density at radius 2 is 0.958 bits per heavy atom. The number of hydrogen-bond donors (Lipinski definition) is 0. The minimum atomic E-state index is -0.897. The minimum Gasteiger partial charge on any atom is -0.550 e. The molecule has 0 fully saturated rings. The molecular formula is C21H41NaO2. The maximum absolute atomic E-state index is 10.6. The van der Waals surface area contributed by atoms with Crippen LogP contribution in [-0.2, 0) is 4.79 Å². The molecule has 0 aliphatic carbocycles. The zero-order valence-corrected chi connectivity index (χ0v) is 18.9. The molecule has 0 N–H and O–H groups in total. The van der Waals surface area contributed by atoms with Gasteiger partial charge in [0.1, 0.15) is 0 Å². The zero-order valence-electron chi connectivity index (χ0n) is 16.9. The van der Waals surface area contributed by atoms with Crippen LogP contribution in [0.2, 0.25) is 0 Å². The Kier molecular flexibility index (Phi) is 23.9. The Bertz CT molecular complexity index is 256. The molecule has 24 heavy (non-hydrogen) atoms. The fourth-order valence-corrected chi connectivity index (χ4v) is 3.12. The van der Waals surface area contributed by atoms with Gasteiger partial charge in [-0.3, -0.25) is 0 Å². The summed E-state index contributed by atoms with van der Waals surface area (Å²) < 4.78 is 0. The molecule has 0 bridgehead atoms. The molecule has 0 radical (unpaired) electrons. The molecule has 0 spiro atoms. The molecule has 1 unspecified atom stereocenters. The van der Waals surface area contributed by atoms with Gasteiger partial charge < -0.3 is 9.90 Å². The van der Waals surface area contributed by atoms with Crippen LogP contribution >= 0.6 is 0 Å². The van der Waals surface area contributed by atoms with Gasteiger partial charge in [0.2, 0.25) is 0 Å². The molecule has 0 aliphatic heterocycles. The van der Waals surface area contributed by atoms with Crippen molar-refractivity contribution in [3.8, 4) is 0 Å². The van der Waals surface area contributed by atoms with Gasteiger partial charge in [-0.25, -0.2) is 0 Å². The van der Waals surface area contributed by atoms with Crippen LogP contribution in [-0.4, -0.2) is 5.97 Å². The molecule has 0 saturated heterocycles. The van der Waals surface area contributed by atoms with Crippen LogP contribution < -0.4 is 34.7 Å². The van der Waals surface area contributed by atoms with E-state index in [2.05, 4.69) is 6.92 Å². The van der Waals surface area contributed by atoms with Crippen LogP contribution in [0, 0.1) is 5.92 Å². The number of hydrogen-bond acceptors (Lipinski definition) is 2. The fraction of sp³-hybridized carbons (Fsp3) is 0.952. The van der Waals surface area contributed by atoms with Gasteiger partial charge in [0.25, 0.3) is 0 Å². The van der Waals surface area contributed by atoms with E-state index in [0.29, 0.717) is 0 Å². The molecule has 0 saturated carbocycles. The van der Waals surface area contributed by atoms with Crippen molar-refractivity contribution in [2.75, 3.05) is 0 Å². The third-order valence-corrected chi connectivity index (χ3v) is 4.89. The van der Waals surface area contributed by atoms with E-state index in [1.165, 1.54) is 96.3 Å². The summed E-state index contributed by atoms with van der Waals surface area (Å²) in [5.41, 5.74) is 0. The van der Waals surface area contributed by atoms with E-state index in [0.717, 1.165) is 12.8 Å². The SMILES string of the molecule is CCCCCCCCCCCCCCCCCCC(C)C(=O)[O-].[Na+]. The topological polar surface area (TPSA) is 40.1 Å². The number of carbonyl (C=O) groups is 1. The number of carboxylic acids is 1. The molecular weight excluding hydrogens is 307 g/mol. The maximum atomic E-state index is 10.6. The van der Waals surface area contributed by atoms with E-state index in [-0.39, 0.29) is 35.5 Å². The first-order chi connectivity index (χ1) is 11.2. The second kappa shape index (κ2) is 21.5. The van der Waals surface area contributed by atoms with Crippen LogP contribution in [0.5, 0.6) is 0 Å². The molecule has 0 rings (SSSR count). The third-order valence-electron chi connectivity index (χ3n) is 4.89. The van der Waals surface area contributed by atoms with Gasteiger partial charge in [0.05, 0.1) is 0 Å². The van der Waals surface area contributed by atoms with Crippen molar-refractivity contribution in [2.24, 2.45) is 5.92 Å². The van der Waals surface area contributed by atoms with Gasteiger partial charge in [-0.2, -0.15) is 0 Å². The predicted octanol–water partition coefficient (Wildman–Crippen LogP) is 3.03. The molecule has 0 aromatic carbocycles. The number of carbonyl (C=O) groups excluding carboxylic acids is 1. The van der Waals surface area contributed by atoms with Crippen LogP contribution in [0.3, 0.4) is 0 Å². The van der Waals surface area contributed by atoms with Crippen molar-refractivity contribution < 1.29 is 39.5 Å². The summed E-state index contributed by atoms with van der Waals surface area (Å²) in [5.74, 6) is -1.17. The van der Waals surface area contributed by atoms with E-state index < -0.39 is 5.97 Å². The Balaban J connectivity index is 0. The smallest absolute Gasteiger partial charge is 0.550 e. The van der Waals surface area contributed by atoms with Gasteiger partial charge in [0, 0.05) is 5.97 Å². The average molecular weight is 349 g/mol. The number of carboxylic acid groups (broad SMARTS) is 1. The van der Waals surface area contributed by atoms with E-state index in [1.54, 1.807) is 6.92 Å². The van der Waals surface area contributed by atoms with E-state index in [1.807, 2.05) is 0 Å². The van der Waals surface area contributed by atoms with E-state index in [4.69, 9.17) is 0 Å². The summed E-state index contributed by atoms with van der Waals surface area (Å²) in [7, 11) is 0. The second-order valence-electron chi connectivity index (χ2n) is 7.31. The summed E-state index contributed by atoms with van der Waals surface area (Å²) >= 11 is 0. The van der Waals surface area contributed by atoms with Crippen molar-refractivity contribution in [1.82, 2.24) is 0 Å². The van der Waals surface area contributed by atoms with Crippen LogP contribution in [0.1, 0.15) is 123 Å². The third kappa shape index (κ3) is 20.5. The molecule has 0 aromatic rings. The van der Waals surface area contributed by atoms with Gasteiger partial charge in [0.15, 0.2) is 0 Å². The Morgan fingerprint density at radius 3 is 1.25 bits per heavy atom. The molecule has 0 heterocycles. The summed E-state index contributed by atoms with van der Waals surface area (Å²) in [6.07, 6.45) is 22.5. The van der Waals surface area contributed by atoms with Crippen molar-refractivity contribution in [2.45, 2.75) is 123 Å². The summed E-state index contributed by atoms with van der Waals surface area (Å²) in [5, 5.41) is 10.6. The average Bonchev–Trinajstić information content (AvgIpc) is 2.54. The van der Waals surface area contributed by atoms with Gasteiger partial charge in [-0.15, -0.1) is 0 Å². The molecule has 3 heteroatoms. The Hall–Kier alpha value is 0.470.